The third-order valence-electron chi connectivity index (χ3n) is 1.98. The van der Waals surface area contributed by atoms with Crippen molar-refractivity contribution in [1.82, 2.24) is 10.3 Å². The van der Waals surface area contributed by atoms with Crippen LogP contribution in [0.15, 0.2) is 5.38 Å². The molecule has 0 aliphatic carbocycles. The summed E-state index contributed by atoms with van der Waals surface area (Å²) in [7, 11) is 0. The lowest BCUT2D eigenvalue weighted by Gasteiger charge is -2.01. The van der Waals surface area contributed by atoms with Gasteiger partial charge in [-0.1, -0.05) is 6.92 Å². The summed E-state index contributed by atoms with van der Waals surface area (Å²) >= 11 is 1.64. The summed E-state index contributed by atoms with van der Waals surface area (Å²) in [6.07, 6.45) is 2.19. The summed E-state index contributed by atoms with van der Waals surface area (Å²) in [4.78, 5) is 15.6. The van der Waals surface area contributed by atoms with E-state index in [1.54, 1.807) is 11.3 Å². The fourth-order valence-electron chi connectivity index (χ4n) is 1.13. The van der Waals surface area contributed by atoms with E-state index in [0.717, 1.165) is 23.5 Å². The number of hydrogen-bond donors (Lipinski definition) is 2. The van der Waals surface area contributed by atoms with Gasteiger partial charge in [0.15, 0.2) is 0 Å². The van der Waals surface area contributed by atoms with E-state index in [4.69, 9.17) is 5.73 Å². The SMILES string of the molecule is CCc1nc(CNC(=O)CCCN)cs1. The molecule has 0 aliphatic rings. The van der Waals surface area contributed by atoms with Crippen molar-refractivity contribution in [2.45, 2.75) is 32.7 Å². The van der Waals surface area contributed by atoms with Gasteiger partial charge in [0.2, 0.25) is 5.91 Å². The van der Waals surface area contributed by atoms with Crippen LogP contribution in [-0.2, 0) is 17.8 Å². The van der Waals surface area contributed by atoms with E-state index in [-0.39, 0.29) is 5.91 Å². The Hall–Kier alpha value is -0.940. The fourth-order valence-corrected chi connectivity index (χ4v) is 1.88. The van der Waals surface area contributed by atoms with Gasteiger partial charge >= 0.3 is 0 Å². The molecule has 0 fully saturated rings. The summed E-state index contributed by atoms with van der Waals surface area (Å²) in [6.45, 7) is 3.16. The zero-order valence-corrected chi connectivity index (χ0v) is 9.77. The number of amides is 1. The van der Waals surface area contributed by atoms with Crippen molar-refractivity contribution in [1.29, 1.82) is 0 Å². The Kier molecular flexibility index (Phi) is 5.28. The third-order valence-corrected chi connectivity index (χ3v) is 3.02. The maximum atomic E-state index is 11.3. The van der Waals surface area contributed by atoms with E-state index in [1.807, 2.05) is 5.38 Å². The van der Waals surface area contributed by atoms with Crippen molar-refractivity contribution in [2.75, 3.05) is 6.54 Å². The topological polar surface area (TPSA) is 68.0 Å². The predicted molar refractivity (Wildman–Crippen MR) is 61.6 cm³/mol. The second-order valence-electron chi connectivity index (χ2n) is 3.26. The summed E-state index contributed by atoms with van der Waals surface area (Å²) in [6, 6.07) is 0. The lowest BCUT2D eigenvalue weighted by Crippen LogP contribution is -2.23. The molecule has 5 heteroatoms. The highest BCUT2D eigenvalue weighted by molar-refractivity contribution is 7.09. The lowest BCUT2D eigenvalue weighted by atomic mass is 10.3. The van der Waals surface area contributed by atoms with Crippen LogP contribution < -0.4 is 11.1 Å². The molecular weight excluding hydrogens is 210 g/mol. The molecule has 0 radical (unpaired) electrons. The van der Waals surface area contributed by atoms with Crippen LogP contribution in [0.5, 0.6) is 0 Å². The van der Waals surface area contributed by atoms with Gasteiger partial charge in [0.05, 0.1) is 17.2 Å². The second-order valence-corrected chi connectivity index (χ2v) is 4.20. The van der Waals surface area contributed by atoms with Crippen molar-refractivity contribution in [3.63, 3.8) is 0 Å². The number of carbonyl (C=O) groups excluding carboxylic acids is 1. The maximum absolute atomic E-state index is 11.3. The number of rotatable bonds is 6. The molecule has 4 nitrogen and oxygen atoms in total. The van der Waals surface area contributed by atoms with Crippen molar-refractivity contribution < 1.29 is 4.79 Å². The van der Waals surface area contributed by atoms with Crippen molar-refractivity contribution in [3.05, 3.63) is 16.1 Å². The van der Waals surface area contributed by atoms with Gasteiger partial charge in [0.1, 0.15) is 0 Å². The van der Waals surface area contributed by atoms with Crippen LogP contribution in [0.25, 0.3) is 0 Å². The Morgan fingerprint density at radius 3 is 3.07 bits per heavy atom. The van der Waals surface area contributed by atoms with Gasteiger partial charge in [-0.15, -0.1) is 11.3 Å². The van der Waals surface area contributed by atoms with E-state index in [9.17, 15) is 4.79 Å². The fraction of sp³-hybridized carbons (Fsp3) is 0.600. The average molecular weight is 227 g/mol. The van der Waals surface area contributed by atoms with E-state index in [2.05, 4.69) is 17.2 Å². The van der Waals surface area contributed by atoms with E-state index < -0.39 is 0 Å². The number of aromatic nitrogens is 1. The second kappa shape index (κ2) is 6.53. The van der Waals surface area contributed by atoms with Crippen LogP contribution in [0.2, 0.25) is 0 Å². The molecule has 1 rings (SSSR count). The molecule has 1 amide bonds. The van der Waals surface area contributed by atoms with Gasteiger partial charge in [-0.05, 0) is 19.4 Å². The minimum Gasteiger partial charge on any atom is -0.350 e. The van der Waals surface area contributed by atoms with Crippen LogP contribution in [0.1, 0.15) is 30.5 Å². The first-order valence-corrected chi connectivity index (χ1v) is 6.04. The zero-order valence-electron chi connectivity index (χ0n) is 8.95. The van der Waals surface area contributed by atoms with Crippen molar-refractivity contribution in [3.8, 4) is 0 Å². The van der Waals surface area contributed by atoms with Gasteiger partial charge in [-0.25, -0.2) is 4.98 Å². The Balaban J connectivity index is 2.27. The summed E-state index contributed by atoms with van der Waals surface area (Å²) in [5.74, 6) is 0.0477. The zero-order chi connectivity index (χ0) is 11.1. The molecule has 1 heterocycles. The number of nitrogens with two attached hydrogens (primary N) is 1. The molecular formula is C10H17N3OS. The smallest absolute Gasteiger partial charge is 0.220 e. The summed E-state index contributed by atoms with van der Waals surface area (Å²) < 4.78 is 0. The first-order chi connectivity index (χ1) is 7.26. The van der Waals surface area contributed by atoms with E-state index in [1.165, 1.54) is 0 Å². The van der Waals surface area contributed by atoms with Crippen LogP contribution in [0.4, 0.5) is 0 Å². The number of thiazole rings is 1. The number of aryl methyl sites for hydroxylation is 1. The third kappa shape index (κ3) is 4.40. The van der Waals surface area contributed by atoms with Gasteiger partial charge in [-0.3, -0.25) is 4.79 Å². The van der Waals surface area contributed by atoms with E-state index in [0.29, 0.717) is 19.5 Å². The molecule has 0 unspecified atom stereocenters. The quantitative estimate of drug-likeness (QED) is 0.763. The molecule has 1 aromatic rings. The molecule has 0 saturated heterocycles. The first-order valence-electron chi connectivity index (χ1n) is 5.16. The highest BCUT2D eigenvalue weighted by Gasteiger charge is 2.03. The maximum Gasteiger partial charge on any atom is 0.220 e. The number of nitrogens with one attached hydrogen (secondary N) is 1. The minimum absolute atomic E-state index is 0.0477. The molecule has 1 aromatic heterocycles. The van der Waals surface area contributed by atoms with Crippen LogP contribution in [-0.4, -0.2) is 17.4 Å². The number of hydrogen-bond acceptors (Lipinski definition) is 4. The number of nitrogens with zero attached hydrogens (tertiary/aromatic N) is 1. The molecule has 0 saturated carbocycles. The Bertz CT molecular complexity index is 311. The van der Waals surface area contributed by atoms with Gasteiger partial charge < -0.3 is 11.1 Å². The van der Waals surface area contributed by atoms with Crippen LogP contribution in [0, 0.1) is 0 Å². The predicted octanol–water partition coefficient (Wildman–Crippen LogP) is 1.06. The highest BCUT2D eigenvalue weighted by atomic mass is 32.1. The summed E-state index contributed by atoms with van der Waals surface area (Å²) in [5, 5.41) is 5.92. The average Bonchev–Trinajstić information content (AvgIpc) is 2.71. The van der Waals surface area contributed by atoms with Crippen molar-refractivity contribution in [2.24, 2.45) is 5.73 Å². The minimum atomic E-state index is 0.0477. The Morgan fingerprint density at radius 2 is 2.47 bits per heavy atom. The molecule has 15 heavy (non-hydrogen) atoms. The van der Waals surface area contributed by atoms with Crippen LogP contribution in [0.3, 0.4) is 0 Å². The highest BCUT2D eigenvalue weighted by Crippen LogP contribution is 2.09. The lowest BCUT2D eigenvalue weighted by molar-refractivity contribution is -0.121. The van der Waals surface area contributed by atoms with Gasteiger partial charge in [-0.2, -0.15) is 0 Å². The molecule has 0 atom stereocenters. The summed E-state index contributed by atoms with van der Waals surface area (Å²) in [5.41, 5.74) is 6.26. The monoisotopic (exact) mass is 227 g/mol. The first kappa shape index (κ1) is 12.1. The largest absolute Gasteiger partial charge is 0.350 e. The molecule has 3 N–H and O–H groups in total. The van der Waals surface area contributed by atoms with Gasteiger partial charge in [0.25, 0.3) is 0 Å². The normalized spacial score (nSPS) is 10.3. The Morgan fingerprint density at radius 1 is 1.67 bits per heavy atom. The molecule has 0 aromatic carbocycles. The standard InChI is InChI=1S/C10H17N3OS/c1-2-10-13-8(7-15-10)6-12-9(14)4-3-5-11/h7H,2-6,11H2,1H3,(H,12,14). The van der Waals surface area contributed by atoms with E-state index >= 15 is 0 Å². The molecule has 0 bridgehead atoms. The number of carbonyl (C=O) groups is 1. The molecule has 84 valence electrons. The Labute approximate surface area is 93.9 Å². The van der Waals surface area contributed by atoms with Gasteiger partial charge in [0, 0.05) is 11.8 Å². The molecule has 0 spiro atoms. The van der Waals surface area contributed by atoms with Crippen molar-refractivity contribution >= 4 is 17.2 Å². The van der Waals surface area contributed by atoms with Crippen LogP contribution >= 0.6 is 11.3 Å². The molecule has 0 aliphatic heterocycles.